The first kappa shape index (κ1) is 9.56. The molecule has 0 bridgehead atoms. The summed E-state index contributed by atoms with van der Waals surface area (Å²) in [6.07, 6.45) is 0.989. The zero-order valence-corrected chi connectivity index (χ0v) is 8.23. The van der Waals surface area contributed by atoms with Gasteiger partial charge in [0.2, 0.25) is 0 Å². The Bertz CT molecular complexity index is 290. The van der Waals surface area contributed by atoms with E-state index in [0.717, 1.165) is 12.1 Å². The molecule has 0 saturated heterocycles. The summed E-state index contributed by atoms with van der Waals surface area (Å²) in [5, 5.41) is 0. The molecule has 0 fully saturated rings. The molecule has 0 heterocycles. The van der Waals surface area contributed by atoms with Gasteiger partial charge in [-0.1, -0.05) is 19.1 Å². The van der Waals surface area contributed by atoms with Crippen molar-refractivity contribution in [2.45, 2.75) is 13.3 Å². The maximum atomic E-state index is 5.42. The molecule has 0 aliphatic rings. The number of rotatable bonds is 2. The standard InChI is InChI=1S/C9H9Cl2N/c1-2-7-4-3-5-8(6-7)12-9(10)11/h3-6H,2H2,1H3. The van der Waals surface area contributed by atoms with E-state index in [1.165, 1.54) is 5.56 Å². The van der Waals surface area contributed by atoms with Gasteiger partial charge in [-0.2, -0.15) is 0 Å². The first-order chi connectivity index (χ1) is 5.72. The predicted molar refractivity (Wildman–Crippen MR) is 54.6 cm³/mol. The van der Waals surface area contributed by atoms with E-state index in [4.69, 9.17) is 23.2 Å². The van der Waals surface area contributed by atoms with Gasteiger partial charge in [0.25, 0.3) is 0 Å². The Kier molecular flexibility index (Phi) is 3.57. The van der Waals surface area contributed by atoms with Gasteiger partial charge in [-0.25, -0.2) is 4.99 Å². The summed E-state index contributed by atoms with van der Waals surface area (Å²) >= 11 is 10.8. The fourth-order valence-corrected chi connectivity index (χ4v) is 1.14. The van der Waals surface area contributed by atoms with Crippen LogP contribution in [0.25, 0.3) is 0 Å². The van der Waals surface area contributed by atoms with Gasteiger partial charge in [-0.05, 0) is 47.3 Å². The Morgan fingerprint density at radius 3 is 2.75 bits per heavy atom. The van der Waals surface area contributed by atoms with Crippen molar-refractivity contribution in [3.05, 3.63) is 29.8 Å². The second kappa shape index (κ2) is 4.48. The van der Waals surface area contributed by atoms with E-state index in [9.17, 15) is 0 Å². The first-order valence-electron chi connectivity index (χ1n) is 3.71. The van der Waals surface area contributed by atoms with Gasteiger partial charge in [0, 0.05) is 0 Å². The highest BCUT2D eigenvalue weighted by Crippen LogP contribution is 2.16. The third-order valence-corrected chi connectivity index (χ3v) is 1.70. The number of hydrogen-bond acceptors (Lipinski definition) is 1. The molecule has 1 nitrogen and oxygen atoms in total. The van der Waals surface area contributed by atoms with E-state index in [0.29, 0.717) is 0 Å². The molecule has 0 aromatic heterocycles. The Morgan fingerprint density at radius 2 is 2.17 bits per heavy atom. The molecular formula is C9H9Cl2N. The van der Waals surface area contributed by atoms with Crippen LogP contribution in [0.4, 0.5) is 5.69 Å². The maximum Gasteiger partial charge on any atom is 0.197 e. The minimum absolute atomic E-state index is 0.0447. The second-order valence-corrected chi connectivity index (χ2v) is 3.29. The Balaban J connectivity index is 2.94. The molecule has 1 aromatic rings. The summed E-state index contributed by atoms with van der Waals surface area (Å²) in [4.78, 5) is 3.92. The van der Waals surface area contributed by atoms with E-state index in [2.05, 4.69) is 11.9 Å². The highest BCUT2D eigenvalue weighted by atomic mass is 35.5. The van der Waals surface area contributed by atoms with Crippen molar-refractivity contribution in [3.63, 3.8) is 0 Å². The lowest BCUT2D eigenvalue weighted by molar-refractivity contribution is 1.14. The number of halogens is 2. The van der Waals surface area contributed by atoms with Crippen molar-refractivity contribution in [1.29, 1.82) is 0 Å². The molecule has 0 radical (unpaired) electrons. The molecule has 0 amide bonds. The zero-order chi connectivity index (χ0) is 8.97. The molecule has 3 heteroatoms. The van der Waals surface area contributed by atoms with Crippen molar-refractivity contribution < 1.29 is 0 Å². The van der Waals surface area contributed by atoms with Crippen LogP contribution < -0.4 is 0 Å². The number of benzene rings is 1. The molecule has 0 spiro atoms. The SMILES string of the molecule is CCc1cccc(N=C(Cl)Cl)c1. The lowest BCUT2D eigenvalue weighted by Crippen LogP contribution is -1.78. The van der Waals surface area contributed by atoms with Gasteiger partial charge in [-0.15, -0.1) is 0 Å². The minimum Gasteiger partial charge on any atom is -0.225 e. The van der Waals surface area contributed by atoms with E-state index >= 15 is 0 Å². The number of hydrogen-bond donors (Lipinski definition) is 0. The number of aryl methyl sites for hydroxylation is 1. The molecule has 0 unspecified atom stereocenters. The van der Waals surface area contributed by atoms with Crippen LogP contribution in [0.2, 0.25) is 0 Å². The maximum absolute atomic E-state index is 5.42. The summed E-state index contributed by atoms with van der Waals surface area (Å²) in [5.74, 6) is 0. The monoisotopic (exact) mass is 201 g/mol. The van der Waals surface area contributed by atoms with Gasteiger partial charge >= 0.3 is 0 Å². The summed E-state index contributed by atoms with van der Waals surface area (Å²) in [6, 6.07) is 7.81. The molecule has 64 valence electrons. The van der Waals surface area contributed by atoms with Crippen LogP contribution in [0.15, 0.2) is 29.3 Å². The van der Waals surface area contributed by atoms with E-state index in [1.54, 1.807) is 0 Å². The summed E-state index contributed by atoms with van der Waals surface area (Å²) in [6.45, 7) is 2.09. The Morgan fingerprint density at radius 1 is 1.42 bits per heavy atom. The molecule has 12 heavy (non-hydrogen) atoms. The highest BCUT2D eigenvalue weighted by molar-refractivity contribution is 6.95. The van der Waals surface area contributed by atoms with Crippen LogP contribution in [-0.4, -0.2) is 4.63 Å². The smallest absolute Gasteiger partial charge is 0.197 e. The van der Waals surface area contributed by atoms with Crippen LogP contribution in [0.5, 0.6) is 0 Å². The van der Waals surface area contributed by atoms with Crippen molar-refractivity contribution in [2.75, 3.05) is 0 Å². The van der Waals surface area contributed by atoms with Crippen molar-refractivity contribution >= 4 is 33.5 Å². The lowest BCUT2D eigenvalue weighted by atomic mass is 10.1. The average molecular weight is 202 g/mol. The van der Waals surface area contributed by atoms with Crippen molar-refractivity contribution in [3.8, 4) is 0 Å². The van der Waals surface area contributed by atoms with Crippen LogP contribution in [0.3, 0.4) is 0 Å². The number of aliphatic imine (C=N–C) groups is 1. The quantitative estimate of drug-likeness (QED) is 0.648. The topological polar surface area (TPSA) is 12.4 Å². The van der Waals surface area contributed by atoms with E-state index in [1.807, 2.05) is 24.3 Å². The molecule has 1 aromatic carbocycles. The van der Waals surface area contributed by atoms with Crippen LogP contribution in [0, 0.1) is 0 Å². The van der Waals surface area contributed by atoms with Crippen LogP contribution in [0.1, 0.15) is 12.5 Å². The Labute approximate surface area is 82.0 Å². The predicted octanol–water partition coefficient (Wildman–Crippen LogP) is 3.71. The molecule has 0 aliphatic carbocycles. The van der Waals surface area contributed by atoms with Crippen molar-refractivity contribution in [2.24, 2.45) is 4.99 Å². The molecular weight excluding hydrogens is 193 g/mol. The van der Waals surface area contributed by atoms with Gasteiger partial charge in [-0.3, -0.25) is 0 Å². The minimum atomic E-state index is 0.0447. The fourth-order valence-electron chi connectivity index (χ4n) is 0.944. The van der Waals surface area contributed by atoms with Gasteiger partial charge < -0.3 is 0 Å². The summed E-state index contributed by atoms with van der Waals surface area (Å²) in [7, 11) is 0. The van der Waals surface area contributed by atoms with Crippen molar-refractivity contribution in [1.82, 2.24) is 0 Å². The highest BCUT2D eigenvalue weighted by Gasteiger charge is 1.92. The lowest BCUT2D eigenvalue weighted by Gasteiger charge is -1.97. The van der Waals surface area contributed by atoms with Gasteiger partial charge in [0.1, 0.15) is 0 Å². The summed E-state index contributed by atoms with van der Waals surface area (Å²) in [5.41, 5.74) is 2.03. The molecule has 0 saturated carbocycles. The van der Waals surface area contributed by atoms with Gasteiger partial charge in [0.15, 0.2) is 4.63 Å². The zero-order valence-electron chi connectivity index (χ0n) is 6.72. The third kappa shape index (κ3) is 2.84. The number of nitrogens with zero attached hydrogens (tertiary/aromatic N) is 1. The molecule has 1 rings (SSSR count). The first-order valence-corrected chi connectivity index (χ1v) is 4.46. The fraction of sp³-hybridized carbons (Fsp3) is 0.222. The van der Waals surface area contributed by atoms with E-state index in [-0.39, 0.29) is 4.63 Å². The van der Waals surface area contributed by atoms with E-state index < -0.39 is 0 Å². The van der Waals surface area contributed by atoms with Gasteiger partial charge in [0.05, 0.1) is 5.69 Å². The molecule has 0 aliphatic heterocycles. The molecule has 0 atom stereocenters. The molecule has 0 N–H and O–H groups in total. The Hall–Kier alpha value is -0.530. The third-order valence-electron chi connectivity index (χ3n) is 1.53. The summed E-state index contributed by atoms with van der Waals surface area (Å²) < 4.78 is 0.0447. The average Bonchev–Trinajstić information content (AvgIpc) is 2.03. The largest absolute Gasteiger partial charge is 0.225 e. The van der Waals surface area contributed by atoms with Crippen LogP contribution in [-0.2, 0) is 6.42 Å². The normalized spacial score (nSPS) is 9.58. The second-order valence-electron chi connectivity index (χ2n) is 2.38. The van der Waals surface area contributed by atoms with Crippen LogP contribution >= 0.6 is 23.2 Å².